The number of aromatic nitrogens is 2. The highest BCUT2D eigenvalue weighted by Gasteiger charge is 2.22. The number of amides is 2. The lowest BCUT2D eigenvalue weighted by atomic mass is 10.0. The van der Waals surface area contributed by atoms with E-state index in [4.69, 9.17) is 0 Å². The lowest BCUT2D eigenvalue weighted by molar-refractivity contribution is -0.118. The van der Waals surface area contributed by atoms with Crippen LogP contribution in [0.2, 0.25) is 0 Å². The van der Waals surface area contributed by atoms with Crippen LogP contribution >= 0.6 is 0 Å². The molecule has 6 nitrogen and oxygen atoms in total. The molecule has 6 heteroatoms. The molecule has 3 N–H and O–H groups in total. The number of carbonyl (C=O) groups is 2. The summed E-state index contributed by atoms with van der Waals surface area (Å²) in [6.07, 6.45) is 2.08. The molecule has 0 radical (unpaired) electrons. The molecule has 0 aliphatic rings. The van der Waals surface area contributed by atoms with Gasteiger partial charge in [-0.05, 0) is 36.8 Å². The zero-order chi connectivity index (χ0) is 20.9. The number of benzene rings is 3. The molecule has 0 aliphatic heterocycles. The average molecular weight is 398 g/mol. The van der Waals surface area contributed by atoms with Crippen LogP contribution in [0.15, 0.2) is 79.0 Å². The Hall–Kier alpha value is -3.93. The van der Waals surface area contributed by atoms with Gasteiger partial charge in [-0.15, -0.1) is 0 Å². The summed E-state index contributed by atoms with van der Waals surface area (Å²) in [5, 5.41) is 13.5. The summed E-state index contributed by atoms with van der Waals surface area (Å²) in [6.45, 7) is 1.99. The monoisotopic (exact) mass is 398 g/mol. The second kappa shape index (κ2) is 8.61. The van der Waals surface area contributed by atoms with Crippen LogP contribution in [0, 0.1) is 6.92 Å². The second-order valence-corrected chi connectivity index (χ2v) is 7.24. The molecule has 3 aromatic carbocycles. The molecule has 0 unspecified atom stereocenters. The molecule has 2 amide bonds. The maximum absolute atomic E-state index is 13.0. The summed E-state index contributed by atoms with van der Waals surface area (Å²) in [6, 6.07) is 21.7. The summed E-state index contributed by atoms with van der Waals surface area (Å²) in [5.41, 5.74) is 4.00. The first-order chi connectivity index (χ1) is 14.6. The van der Waals surface area contributed by atoms with E-state index >= 15 is 0 Å². The Bertz CT molecular complexity index is 1170. The molecular weight excluding hydrogens is 376 g/mol. The zero-order valence-electron chi connectivity index (χ0n) is 16.6. The van der Waals surface area contributed by atoms with Crippen LogP contribution in [0.1, 0.15) is 21.5 Å². The van der Waals surface area contributed by atoms with Crippen LogP contribution in [0.4, 0.5) is 5.69 Å². The highest BCUT2D eigenvalue weighted by Crippen LogP contribution is 2.14. The third-order valence-electron chi connectivity index (χ3n) is 4.93. The van der Waals surface area contributed by atoms with E-state index in [9.17, 15) is 9.59 Å². The fourth-order valence-electron chi connectivity index (χ4n) is 3.25. The summed E-state index contributed by atoms with van der Waals surface area (Å²) in [4.78, 5) is 25.9. The predicted molar refractivity (Wildman–Crippen MR) is 117 cm³/mol. The number of hydrogen-bond acceptors (Lipinski definition) is 3. The molecule has 0 spiro atoms. The van der Waals surface area contributed by atoms with Crippen molar-refractivity contribution >= 4 is 28.4 Å². The van der Waals surface area contributed by atoms with Crippen LogP contribution < -0.4 is 10.6 Å². The van der Waals surface area contributed by atoms with E-state index in [1.165, 1.54) is 0 Å². The number of fused-ring (bicyclic) bond motifs is 1. The van der Waals surface area contributed by atoms with Gasteiger partial charge in [0, 0.05) is 23.1 Å². The number of rotatable bonds is 6. The molecule has 0 bridgehead atoms. The van der Waals surface area contributed by atoms with Gasteiger partial charge in [-0.3, -0.25) is 14.7 Å². The Morgan fingerprint density at radius 1 is 1.00 bits per heavy atom. The number of carbonyl (C=O) groups excluding carboxylic acids is 2. The topological polar surface area (TPSA) is 86.9 Å². The molecule has 1 heterocycles. The van der Waals surface area contributed by atoms with Crippen LogP contribution in [-0.4, -0.2) is 28.1 Å². The highest BCUT2D eigenvalue weighted by molar-refractivity contribution is 6.02. The number of aromatic amines is 1. The number of H-pyrrole nitrogens is 1. The summed E-state index contributed by atoms with van der Waals surface area (Å²) in [7, 11) is 0. The molecule has 1 atom stereocenters. The van der Waals surface area contributed by atoms with Gasteiger partial charge in [-0.2, -0.15) is 5.10 Å². The Kier molecular flexibility index (Phi) is 5.57. The van der Waals surface area contributed by atoms with Gasteiger partial charge >= 0.3 is 0 Å². The van der Waals surface area contributed by atoms with Crippen molar-refractivity contribution in [2.75, 3.05) is 5.32 Å². The van der Waals surface area contributed by atoms with Crippen molar-refractivity contribution in [2.45, 2.75) is 19.4 Å². The lowest BCUT2D eigenvalue weighted by Crippen LogP contribution is -2.45. The Labute approximate surface area is 174 Å². The van der Waals surface area contributed by atoms with Crippen molar-refractivity contribution in [3.05, 3.63) is 95.7 Å². The first-order valence-electron chi connectivity index (χ1n) is 9.74. The van der Waals surface area contributed by atoms with Crippen molar-refractivity contribution in [3.63, 3.8) is 0 Å². The minimum Gasteiger partial charge on any atom is -0.340 e. The summed E-state index contributed by atoms with van der Waals surface area (Å²) < 4.78 is 0. The molecule has 0 saturated heterocycles. The van der Waals surface area contributed by atoms with Crippen molar-refractivity contribution in [3.8, 4) is 0 Å². The van der Waals surface area contributed by atoms with Gasteiger partial charge in [0.2, 0.25) is 5.91 Å². The second-order valence-electron chi connectivity index (χ2n) is 7.24. The van der Waals surface area contributed by atoms with Gasteiger partial charge in [-0.1, -0.05) is 54.1 Å². The molecule has 0 fully saturated rings. The van der Waals surface area contributed by atoms with Crippen molar-refractivity contribution < 1.29 is 9.59 Å². The fraction of sp³-hybridized carbons (Fsp3) is 0.125. The zero-order valence-corrected chi connectivity index (χ0v) is 16.6. The van der Waals surface area contributed by atoms with Crippen LogP contribution in [0.5, 0.6) is 0 Å². The largest absolute Gasteiger partial charge is 0.340 e. The molecular formula is C24H22N4O2. The minimum absolute atomic E-state index is 0.265. The molecule has 0 aliphatic carbocycles. The van der Waals surface area contributed by atoms with E-state index in [0.717, 1.165) is 22.0 Å². The molecule has 1 aromatic heterocycles. The van der Waals surface area contributed by atoms with Gasteiger partial charge in [-0.25, -0.2) is 0 Å². The molecule has 150 valence electrons. The molecule has 4 rings (SSSR count). The minimum atomic E-state index is -0.723. The van der Waals surface area contributed by atoms with Crippen LogP contribution in [0.25, 0.3) is 10.9 Å². The Morgan fingerprint density at radius 3 is 2.53 bits per heavy atom. The first kappa shape index (κ1) is 19.4. The Morgan fingerprint density at radius 2 is 1.77 bits per heavy atom. The van der Waals surface area contributed by atoms with E-state index in [1.54, 1.807) is 18.3 Å². The molecule has 0 saturated carbocycles. The number of nitrogens with one attached hydrogen (secondary N) is 3. The van der Waals surface area contributed by atoms with E-state index in [0.29, 0.717) is 17.7 Å². The average Bonchev–Trinajstić information content (AvgIpc) is 3.23. The number of aryl methyl sites for hydroxylation is 1. The number of hydrogen-bond donors (Lipinski definition) is 3. The molecule has 30 heavy (non-hydrogen) atoms. The van der Waals surface area contributed by atoms with Crippen molar-refractivity contribution in [2.24, 2.45) is 0 Å². The standard InChI is InChI=1S/C24H22N4O2/c1-16-7-11-20(12-8-16)26-24(30)22(13-17-5-3-2-4-6-17)27-23(29)18-9-10-19-15-25-28-21(19)14-18/h2-12,14-15,22H,13H2,1H3,(H,25,28)(H,26,30)(H,27,29)/t22-/m0/s1. The van der Waals surface area contributed by atoms with Gasteiger partial charge in [0.15, 0.2) is 0 Å². The smallest absolute Gasteiger partial charge is 0.252 e. The maximum Gasteiger partial charge on any atom is 0.252 e. The van der Waals surface area contributed by atoms with Gasteiger partial charge in [0.25, 0.3) is 5.91 Å². The SMILES string of the molecule is Cc1ccc(NC(=O)[C@H](Cc2ccccc2)NC(=O)c2ccc3cn[nH]c3c2)cc1. The maximum atomic E-state index is 13.0. The Balaban J connectivity index is 1.54. The third kappa shape index (κ3) is 4.55. The van der Waals surface area contributed by atoms with Gasteiger partial charge in [0.1, 0.15) is 6.04 Å². The van der Waals surface area contributed by atoms with E-state index in [-0.39, 0.29) is 11.8 Å². The van der Waals surface area contributed by atoms with Crippen molar-refractivity contribution in [1.82, 2.24) is 15.5 Å². The summed E-state index contributed by atoms with van der Waals surface area (Å²) >= 11 is 0. The third-order valence-corrected chi connectivity index (χ3v) is 4.93. The number of nitrogens with zero attached hydrogens (tertiary/aromatic N) is 1. The predicted octanol–water partition coefficient (Wildman–Crippen LogP) is 3.85. The lowest BCUT2D eigenvalue weighted by Gasteiger charge is -2.19. The highest BCUT2D eigenvalue weighted by atomic mass is 16.2. The van der Waals surface area contributed by atoms with E-state index in [1.807, 2.05) is 67.6 Å². The van der Waals surface area contributed by atoms with Crippen LogP contribution in [0.3, 0.4) is 0 Å². The van der Waals surface area contributed by atoms with E-state index in [2.05, 4.69) is 20.8 Å². The number of anilines is 1. The molecule has 4 aromatic rings. The van der Waals surface area contributed by atoms with Crippen LogP contribution in [-0.2, 0) is 11.2 Å². The first-order valence-corrected chi connectivity index (χ1v) is 9.74. The summed E-state index contributed by atoms with van der Waals surface area (Å²) in [5.74, 6) is -0.579. The fourth-order valence-corrected chi connectivity index (χ4v) is 3.25. The van der Waals surface area contributed by atoms with Gasteiger partial charge in [0.05, 0.1) is 11.7 Å². The quantitative estimate of drug-likeness (QED) is 0.461. The van der Waals surface area contributed by atoms with Crippen molar-refractivity contribution in [1.29, 1.82) is 0 Å². The normalized spacial score (nSPS) is 11.8. The van der Waals surface area contributed by atoms with E-state index < -0.39 is 6.04 Å². The van der Waals surface area contributed by atoms with Gasteiger partial charge < -0.3 is 10.6 Å².